The zero-order valence-corrected chi connectivity index (χ0v) is 24.8. The van der Waals surface area contributed by atoms with Crippen molar-refractivity contribution in [3.8, 4) is 0 Å². The van der Waals surface area contributed by atoms with Crippen molar-refractivity contribution in [1.82, 2.24) is 15.1 Å². The largest absolute Gasteiger partial charge is 0.390 e. The number of amides is 2. The van der Waals surface area contributed by atoms with Crippen LogP contribution in [-0.2, 0) is 6.42 Å². The van der Waals surface area contributed by atoms with Crippen molar-refractivity contribution in [2.75, 3.05) is 32.7 Å². The van der Waals surface area contributed by atoms with Gasteiger partial charge in [0.2, 0.25) is 0 Å². The van der Waals surface area contributed by atoms with Crippen molar-refractivity contribution >= 4 is 11.8 Å². The highest BCUT2D eigenvalue weighted by atomic mass is 19.1. The zero-order chi connectivity index (χ0) is 29.9. The van der Waals surface area contributed by atoms with E-state index in [2.05, 4.69) is 10.2 Å². The van der Waals surface area contributed by atoms with Crippen LogP contribution in [0.25, 0.3) is 0 Å². The maximum atomic E-state index is 13.5. The number of aliphatic hydroxyl groups is 1. The number of likely N-dealkylation sites (tertiary alicyclic amines) is 1. The lowest BCUT2D eigenvalue weighted by atomic mass is 9.89. The molecule has 2 N–H and O–H groups in total. The Morgan fingerprint density at radius 1 is 0.929 bits per heavy atom. The number of hydrogen-bond acceptors (Lipinski definition) is 4. The maximum absolute atomic E-state index is 13.5. The number of benzene rings is 3. The molecule has 0 radical (unpaired) electrons. The van der Waals surface area contributed by atoms with Gasteiger partial charge in [0.1, 0.15) is 5.82 Å². The highest BCUT2D eigenvalue weighted by Crippen LogP contribution is 2.28. The summed E-state index contributed by atoms with van der Waals surface area (Å²) in [5.41, 5.74) is 3.07. The van der Waals surface area contributed by atoms with E-state index >= 15 is 0 Å². The number of carbonyl (C=O) groups excluding carboxylic acids is 2. The van der Waals surface area contributed by atoms with Crippen molar-refractivity contribution in [3.05, 3.63) is 107 Å². The van der Waals surface area contributed by atoms with Crippen LogP contribution >= 0.6 is 0 Å². The number of aliphatic hydroxyl groups excluding tert-OH is 1. The fourth-order valence-corrected chi connectivity index (χ4v) is 5.81. The first-order chi connectivity index (χ1) is 20.4. The molecule has 7 heteroatoms. The molecule has 224 valence electrons. The maximum Gasteiger partial charge on any atom is 0.253 e. The third kappa shape index (κ3) is 8.73. The molecule has 4 rings (SSSR count). The first kappa shape index (κ1) is 31.4. The second kappa shape index (κ2) is 15.6. The summed E-state index contributed by atoms with van der Waals surface area (Å²) < 4.78 is 13.4. The summed E-state index contributed by atoms with van der Waals surface area (Å²) in [6.07, 6.45) is 3.30. The van der Waals surface area contributed by atoms with Gasteiger partial charge >= 0.3 is 0 Å². The van der Waals surface area contributed by atoms with Crippen LogP contribution in [0.15, 0.2) is 78.9 Å². The van der Waals surface area contributed by atoms with E-state index in [1.54, 1.807) is 24.3 Å². The van der Waals surface area contributed by atoms with Crippen LogP contribution in [0.1, 0.15) is 77.3 Å². The number of nitrogens with one attached hydrogen (secondary N) is 1. The van der Waals surface area contributed by atoms with Gasteiger partial charge in [0.05, 0.1) is 12.1 Å². The van der Waals surface area contributed by atoms with E-state index in [0.717, 1.165) is 49.9 Å². The Bertz CT molecular complexity index is 1270. The Morgan fingerprint density at radius 3 is 2.21 bits per heavy atom. The molecule has 0 aliphatic carbocycles. The summed E-state index contributed by atoms with van der Waals surface area (Å²) >= 11 is 0. The van der Waals surface area contributed by atoms with Gasteiger partial charge in [-0.05, 0) is 92.6 Å². The van der Waals surface area contributed by atoms with Gasteiger partial charge in [-0.25, -0.2) is 4.39 Å². The fraction of sp³-hybridized carbons (Fsp3) is 0.429. The average molecular weight is 574 g/mol. The van der Waals surface area contributed by atoms with E-state index in [-0.39, 0.29) is 17.6 Å². The van der Waals surface area contributed by atoms with E-state index in [1.165, 1.54) is 12.1 Å². The van der Waals surface area contributed by atoms with Crippen LogP contribution in [0.4, 0.5) is 4.39 Å². The molecule has 1 fully saturated rings. The predicted molar refractivity (Wildman–Crippen MR) is 165 cm³/mol. The molecule has 0 bridgehead atoms. The molecule has 2 amide bonds. The van der Waals surface area contributed by atoms with Gasteiger partial charge in [-0.3, -0.25) is 9.59 Å². The van der Waals surface area contributed by atoms with Crippen LogP contribution < -0.4 is 5.32 Å². The molecule has 0 unspecified atom stereocenters. The van der Waals surface area contributed by atoms with E-state index in [9.17, 15) is 19.1 Å². The molecule has 0 aromatic heterocycles. The molecule has 1 aliphatic heterocycles. The van der Waals surface area contributed by atoms with Crippen LogP contribution in [0, 0.1) is 5.82 Å². The van der Waals surface area contributed by atoms with Gasteiger partial charge < -0.3 is 20.2 Å². The van der Waals surface area contributed by atoms with Gasteiger partial charge in [0.25, 0.3) is 11.8 Å². The number of hydrogen-bond donors (Lipinski definition) is 2. The Labute approximate surface area is 249 Å². The Kier molecular flexibility index (Phi) is 11.7. The lowest BCUT2D eigenvalue weighted by Gasteiger charge is -2.35. The number of β-amino-alcohol motifs (C(OH)–C–C–N with tert-alkyl or cyclic N) is 1. The summed E-state index contributed by atoms with van der Waals surface area (Å²) in [7, 11) is 0. The first-order valence-electron chi connectivity index (χ1n) is 15.3. The molecule has 1 heterocycles. The molecule has 42 heavy (non-hydrogen) atoms. The second-order valence-electron chi connectivity index (χ2n) is 11.3. The van der Waals surface area contributed by atoms with Gasteiger partial charge in [0.15, 0.2) is 0 Å². The average Bonchev–Trinajstić information content (AvgIpc) is 3.01. The SMILES string of the molecule is CCCN(CCC)C(=O)c1cccc(C(=O)N[C@@H](Cc2ccccc2)[C@H](O)CN2CCC(c3ccc(F)cc3)CC2)c1. The minimum atomic E-state index is -0.786. The zero-order valence-electron chi connectivity index (χ0n) is 24.8. The van der Waals surface area contributed by atoms with Crippen molar-refractivity contribution in [1.29, 1.82) is 0 Å². The molecule has 3 aromatic rings. The van der Waals surface area contributed by atoms with Crippen molar-refractivity contribution < 1.29 is 19.1 Å². The number of halogens is 1. The highest BCUT2D eigenvalue weighted by Gasteiger charge is 2.28. The summed E-state index contributed by atoms with van der Waals surface area (Å²) in [5.74, 6) is -0.228. The van der Waals surface area contributed by atoms with E-state index in [0.29, 0.717) is 43.1 Å². The summed E-state index contributed by atoms with van der Waals surface area (Å²) in [6, 6.07) is 23.0. The van der Waals surface area contributed by atoms with Gasteiger partial charge in [0, 0.05) is 30.8 Å². The van der Waals surface area contributed by atoms with Gasteiger partial charge in [-0.15, -0.1) is 0 Å². The standard InChI is InChI=1S/C35H44FN3O3/c1-3-19-39(20-4-2)35(42)30-12-8-11-29(24-30)34(41)37-32(23-26-9-6-5-7-10-26)33(40)25-38-21-17-28(18-22-38)27-13-15-31(36)16-14-27/h5-16,24,28,32-33,40H,3-4,17-23,25H2,1-2H3,(H,37,41)/t32-,33+/m0/s1. The fourth-order valence-electron chi connectivity index (χ4n) is 5.81. The highest BCUT2D eigenvalue weighted by molar-refractivity contribution is 5.99. The van der Waals surface area contributed by atoms with Crippen LogP contribution in [0.3, 0.4) is 0 Å². The van der Waals surface area contributed by atoms with Crippen LogP contribution in [-0.4, -0.2) is 71.6 Å². The Balaban J connectivity index is 1.43. The molecule has 6 nitrogen and oxygen atoms in total. The van der Waals surface area contributed by atoms with Gasteiger partial charge in [-0.1, -0.05) is 62.4 Å². The second-order valence-corrected chi connectivity index (χ2v) is 11.3. The van der Waals surface area contributed by atoms with E-state index in [4.69, 9.17) is 0 Å². The lowest BCUT2D eigenvalue weighted by Crippen LogP contribution is -2.50. The number of piperidine rings is 1. The molecular formula is C35H44FN3O3. The van der Waals surface area contributed by atoms with Crippen molar-refractivity contribution in [2.45, 2.75) is 64.0 Å². The minimum Gasteiger partial charge on any atom is -0.390 e. The molecular weight excluding hydrogens is 529 g/mol. The normalized spacial score (nSPS) is 15.6. The number of rotatable bonds is 13. The Morgan fingerprint density at radius 2 is 1.57 bits per heavy atom. The van der Waals surface area contributed by atoms with Gasteiger partial charge in [-0.2, -0.15) is 0 Å². The van der Waals surface area contributed by atoms with Crippen LogP contribution in [0.2, 0.25) is 0 Å². The molecule has 3 aromatic carbocycles. The summed E-state index contributed by atoms with van der Waals surface area (Å²) in [5, 5.41) is 14.5. The molecule has 0 saturated carbocycles. The third-order valence-electron chi connectivity index (χ3n) is 8.10. The van der Waals surface area contributed by atoms with Crippen molar-refractivity contribution in [3.63, 3.8) is 0 Å². The first-order valence-corrected chi connectivity index (χ1v) is 15.3. The molecule has 1 saturated heterocycles. The molecule has 0 spiro atoms. The molecule has 1 aliphatic rings. The summed E-state index contributed by atoms with van der Waals surface area (Å²) in [6.45, 7) is 7.53. The minimum absolute atomic E-state index is 0.0711. The lowest BCUT2D eigenvalue weighted by molar-refractivity contribution is 0.0611. The number of nitrogens with zero attached hydrogens (tertiary/aromatic N) is 2. The smallest absolute Gasteiger partial charge is 0.253 e. The Hall–Kier alpha value is -3.55. The quantitative estimate of drug-likeness (QED) is 0.276. The van der Waals surface area contributed by atoms with Crippen molar-refractivity contribution in [2.24, 2.45) is 0 Å². The monoisotopic (exact) mass is 573 g/mol. The summed E-state index contributed by atoms with van der Waals surface area (Å²) in [4.78, 5) is 30.7. The third-order valence-corrected chi connectivity index (χ3v) is 8.10. The van der Waals surface area contributed by atoms with E-state index < -0.39 is 12.1 Å². The van der Waals surface area contributed by atoms with Crippen LogP contribution in [0.5, 0.6) is 0 Å². The predicted octanol–water partition coefficient (Wildman–Crippen LogP) is 5.67. The number of carbonyl (C=O) groups is 2. The van der Waals surface area contributed by atoms with E-state index in [1.807, 2.05) is 61.2 Å². The molecule has 2 atom stereocenters. The topological polar surface area (TPSA) is 72.9 Å².